The number of aromatic nitrogens is 2. The maximum atomic E-state index is 12.1. The van der Waals surface area contributed by atoms with Crippen molar-refractivity contribution in [2.75, 3.05) is 6.54 Å². The largest absolute Gasteiger partial charge is 0.352 e. The number of nitrogens with one attached hydrogen (secondary N) is 1. The van der Waals surface area contributed by atoms with Crippen LogP contribution in [0.1, 0.15) is 51.4 Å². The van der Waals surface area contributed by atoms with Crippen LogP contribution < -0.4 is 5.32 Å². The first-order valence-electron chi connectivity index (χ1n) is 8.27. The molecule has 0 spiro atoms. The molecule has 0 fully saturated rings. The second-order valence-corrected chi connectivity index (χ2v) is 6.70. The molecule has 1 aromatic carbocycles. The molecule has 0 saturated heterocycles. The van der Waals surface area contributed by atoms with Crippen molar-refractivity contribution in [3.8, 4) is 0 Å². The second-order valence-electron chi connectivity index (χ2n) is 6.70. The first-order valence-corrected chi connectivity index (χ1v) is 8.27. The lowest BCUT2D eigenvalue weighted by Gasteiger charge is -2.10. The summed E-state index contributed by atoms with van der Waals surface area (Å²) in [6.07, 6.45) is 3.01. The van der Waals surface area contributed by atoms with Crippen LogP contribution in [-0.4, -0.2) is 22.6 Å². The van der Waals surface area contributed by atoms with E-state index in [1.165, 1.54) is 0 Å². The average molecular weight is 327 g/mol. The minimum absolute atomic E-state index is 0.102. The number of rotatable bonds is 6. The van der Waals surface area contributed by atoms with Crippen molar-refractivity contribution in [2.24, 2.45) is 0 Å². The Hall–Kier alpha value is -2.43. The Morgan fingerprint density at radius 1 is 1.25 bits per heavy atom. The minimum atomic E-state index is -0.164. The summed E-state index contributed by atoms with van der Waals surface area (Å²) in [5.74, 6) is 1.12. The molecular formula is C19H25N3O2. The van der Waals surface area contributed by atoms with E-state index in [1.54, 1.807) is 6.08 Å². The summed E-state index contributed by atoms with van der Waals surface area (Å²) in [4.78, 5) is 16.4. The van der Waals surface area contributed by atoms with E-state index < -0.39 is 0 Å². The number of nitrogens with zero attached hydrogens (tertiary/aromatic N) is 2. The van der Waals surface area contributed by atoms with Gasteiger partial charge in [-0.2, -0.15) is 4.98 Å². The van der Waals surface area contributed by atoms with Crippen molar-refractivity contribution in [1.82, 2.24) is 15.5 Å². The van der Waals surface area contributed by atoms with E-state index >= 15 is 0 Å². The molecular weight excluding hydrogens is 302 g/mol. The van der Waals surface area contributed by atoms with Gasteiger partial charge in [-0.3, -0.25) is 4.79 Å². The van der Waals surface area contributed by atoms with Crippen LogP contribution in [0.5, 0.6) is 0 Å². The number of benzene rings is 1. The molecule has 2 rings (SSSR count). The van der Waals surface area contributed by atoms with Gasteiger partial charge in [0.2, 0.25) is 11.8 Å². The molecule has 2 aromatic rings. The van der Waals surface area contributed by atoms with Gasteiger partial charge in [-0.1, -0.05) is 63.2 Å². The number of hydrogen-bond donors (Lipinski definition) is 1. The van der Waals surface area contributed by atoms with E-state index in [0.29, 0.717) is 24.7 Å². The summed E-state index contributed by atoms with van der Waals surface area (Å²) in [6.45, 7) is 8.58. The zero-order chi connectivity index (χ0) is 17.6. The molecule has 0 aliphatic carbocycles. The van der Waals surface area contributed by atoms with Crippen molar-refractivity contribution in [2.45, 2.75) is 46.0 Å². The van der Waals surface area contributed by atoms with Crippen LogP contribution in [0.15, 0.2) is 40.9 Å². The predicted molar refractivity (Wildman–Crippen MR) is 94.4 cm³/mol. The van der Waals surface area contributed by atoms with E-state index in [2.05, 4.69) is 15.5 Å². The molecule has 0 aliphatic rings. The summed E-state index contributed by atoms with van der Waals surface area (Å²) < 4.78 is 5.24. The van der Waals surface area contributed by atoms with Crippen molar-refractivity contribution in [3.05, 3.63) is 53.7 Å². The van der Waals surface area contributed by atoms with Gasteiger partial charge in [0.1, 0.15) is 0 Å². The smallest absolute Gasteiger partial charge is 0.244 e. The standard InChI is InChI=1S/C19H25N3O2/c1-5-14(15-9-7-6-8-10-15)13-17(23)20-12-11-16-21-18(24-22-16)19(2,3)4/h6-10,13H,5,11-12H2,1-4H3,(H,20,23)/b14-13+. The highest BCUT2D eigenvalue weighted by molar-refractivity contribution is 5.95. The average Bonchev–Trinajstić information content (AvgIpc) is 3.02. The van der Waals surface area contributed by atoms with E-state index in [1.807, 2.05) is 58.0 Å². The Balaban J connectivity index is 1.89. The van der Waals surface area contributed by atoms with Crippen LogP contribution in [0.4, 0.5) is 0 Å². The van der Waals surface area contributed by atoms with Crippen molar-refractivity contribution in [1.29, 1.82) is 0 Å². The second kappa shape index (κ2) is 7.90. The van der Waals surface area contributed by atoms with Gasteiger partial charge >= 0.3 is 0 Å². The van der Waals surface area contributed by atoms with Crippen LogP contribution >= 0.6 is 0 Å². The summed E-state index contributed by atoms with van der Waals surface area (Å²) in [7, 11) is 0. The van der Waals surface area contributed by atoms with E-state index in [-0.39, 0.29) is 11.3 Å². The highest BCUT2D eigenvalue weighted by atomic mass is 16.5. The SMILES string of the molecule is CC/C(=C\C(=O)NCCc1noc(C(C)(C)C)n1)c1ccccc1. The lowest BCUT2D eigenvalue weighted by molar-refractivity contribution is -0.116. The first kappa shape index (κ1) is 17.9. The summed E-state index contributed by atoms with van der Waals surface area (Å²) in [5.41, 5.74) is 1.92. The third-order valence-corrected chi connectivity index (χ3v) is 3.59. The van der Waals surface area contributed by atoms with Gasteiger partial charge < -0.3 is 9.84 Å². The Kier molecular flexibility index (Phi) is 5.90. The fraction of sp³-hybridized carbons (Fsp3) is 0.421. The topological polar surface area (TPSA) is 68.0 Å². The first-order chi connectivity index (χ1) is 11.4. The fourth-order valence-corrected chi connectivity index (χ4v) is 2.21. The van der Waals surface area contributed by atoms with Gasteiger partial charge in [-0.15, -0.1) is 0 Å². The fourth-order valence-electron chi connectivity index (χ4n) is 2.21. The molecule has 0 atom stereocenters. The minimum Gasteiger partial charge on any atom is -0.352 e. The van der Waals surface area contributed by atoms with Crippen molar-refractivity contribution >= 4 is 11.5 Å². The van der Waals surface area contributed by atoms with Crippen LogP contribution in [-0.2, 0) is 16.6 Å². The van der Waals surface area contributed by atoms with E-state index in [0.717, 1.165) is 17.6 Å². The van der Waals surface area contributed by atoms with E-state index in [9.17, 15) is 4.79 Å². The molecule has 0 aliphatic heterocycles. The summed E-state index contributed by atoms with van der Waals surface area (Å²) in [6, 6.07) is 9.93. The van der Waals surface area contributed by atoms with Gasteiger partial charge in [-0.05, 0) is 17.6 Å². The van der Waals surface area contributed by atoms with Crippen molar-refractivity contribution in [3.63, 3.8) is 0 Å². The third-order valence-electron chi connectivity index (χ3n) is 3.59. The zero-order valence-corrected chi connectivity index (χ0v) is 14.8. The molecule has 128 valence electrons. The maximum absolute atomic E-state index is 12.1. The van der Waals surface area contributed by atoms with Crippen LogP contribution in [0.2, 0.25) is 0 Å². The predicted octanol–water partition coefficient (Wildman–Crippen LogP) is 3.52. The summed E-state index contributed by atoms with van der Waals surface area (Å²) in [5, 5.41) is 6.83. The number of allylic oxidation sites excluding steroid dienone is 1. The Morgan fingerprint density at radius 2 is 1.96 bits per heavy atom. The molecule has 24 heavy (non-hydrogen) atoms. The Bertz CT molecular complexity index is 697. The van der Waals surface area contributed by atoms with Gasteiger partial charge in [0.25, 0.3) is 0 Å². The summed E-state index contributed by atoms with van der Waals surface area (Å²) >= 11 is 0. The molecule has 0 radical (unpaired) electrons. The third kappa shape index (κ3) is 5.05. The van der Waals surface area contributed by atoms with Crippen molar-refractivity contribution < 1.29 is 9.32 Å². The van der Waals surface area contributed by atoms with Crippen LogP contribution in [0.25, 0.3) is 5.57 Å². The lowest BCUT2D eigenvalue weighted by Crippen LogP contribution is -2.24. The van der Waals surface area contributed by atoms with Crippen LogP contribution in [0, 0.1) is 0 Å². The van der Waals surface area contributed by atoms with Gasteiger partial charge in [0.05, 0.1) is 0 Å². The quantitative estimate of drug-likeness (QED) is 0.824. The molecule has 5 nitrogen and oxygen atoms in total. The zero-order valence-electron chi connectivity index (χ0n) is 14.8. The maximum Gasteiger partial charge on any atom is 0.244 e. The van der Waals surface area contributed by atoms with Gasteiger partial charge in [0, 0.05) is 24.5 Å². The molecule has 1 N–H and O–H groups in total. The number of carbonyl (C=O) groups excluding carboxylic acids is 1. The Labute approximate surface area is 143 Å². The van der Waals surface area contributed by atoms with Gasteiger partial charge in [0.15, 0.2) is 5.82 Å². The molecule has 0 saturated carbocycles. The molecule has 1 amide bonds. The molecule has 5 heteroatoms. The van der Waals surface area contributed by atoms with E-state index in [4.69, 9.17) is 4.52 Å². The molecule has 1 aromatic heterocycles. The monoisotopic (exact) mass is 327 g/mol. The molecule has 0 unspecified atom stereocenters. The number of carbonyl (C=O) groups is 1. The number of amides is 1. The molecule has 0 bridgehead atoms. The highest BCUT2D eigenvalue weighted by Gasteiger charge is 2.21. The normalized spacial score (nSPS) is 12.2. The Morgan fingerprint density at radius 3 is 2.54 bits per heavy atom. The number of hydrogen-bond acceptors (Lipinski definition) is 4. The highest BCUT2D eigenvalue weighted by Crippen LogP contribution is 2.19. The molecule has 1 heterocycles. The lowest BCUT2D eigenvalue weighted by atomic mass is 9.97. The van der Waals surface area contributed by atoms with Gasteiger partial charge in [-0.25, -0.2) is 0 Å². The van der Waals surface area contributed by atoms with Crippen LogP contribution in [0.3, 0.4) is 0 Å².